The maximum Gasteiger partial charge on any atom is 0.266 e. The molecule has 0 saturated carbocycles. The number of benzene rings is 2. The Hall–Kier alpha value is -3.35. The number of hydrogen-bond acceptors (Lipinski definition) is 6. The lowest BCUT2D eigenvalue weighted by atomic mass is 10.1. The fraction of sp³-hybridized carbons (Fsp3) is 0.360. The Labute approximate surface area is 200 Å². The number of rotatable bonds is 8. The molecule has 8 nitrogen and oxygen atoms in total. The molecule has 180 valence electrons. The highest BCUT2D eigenvalue weighted by Gasteiger charge is 2.26. The van der Waals surface area contributed by atoms with Crippen molar-refractivity contribution in [3.8, 4) is 17.6 Å². The molecule has 0 unspecified atom stereocenters. The molecule has 1 N–H and O–H groups in total. The molecule has 1 saturated heterocycles. The lowest BCUT2D eigenvalue weighted by Crippen LogP contribution is -2.35. The largest absolute Gasteiger partial charge is 0.493 e. The number of hydrogen-bond donors (Lipinski definition) is 1. The van der Waals surface area contributed by atoms with Crippen LogP contribution in [0.4, 0.5) is 5.69 Å². The van der Waals surface area contributed by atoms with E-state index in [1.165, 1.54) is 29.6 Å². The van der Waals surface area contributed by atoms with Gasteiger partial charge >= 0.3 is 0 Å². The molecule has 1 fully saturated rings. The monoisotopic (exact) mass is 483 g/mol. The molecular weight excluding hydrogens is 454 g/mol. The highest BCUT2D eigenvalue weighted by Crippen LogP contribution is 2.33. The molecule has 1 aliphatic heterocycles. The van der Waals surface area contributed by atoms with Gasteiger partial charge in [-0.3, -0.25) is 4.79 Å². The van der Waals surface area contributed by atoms with Gasteiger partial charge in [0.15, 0.2) is 11.5 Å². The summed E-state index contributed by atoms with van der Waals surface area (Å²) in [6.07, 6.45) is 3.96. The van der Waals surface area contributed by atoms with E-state index in [0.29, 0.717) is 30.2 Å². The molecule has 0 aromatic heterocycles. The van der Waals surface area contributed by atoms with Crippen LogP contribution in [0.5, 0.6) is 11.5 Å². The van der Waals surface area contributed by atoms with Crippen LogP contribution in [0, 0.1) is 11.3 Å². The minimum Gasteiger partial charge on any atom is -0.493 e. The van der Waals surface area contributed by atoms with E-state index in [-0.39, 0.29) is 22.3 Å². The first kappa shape index (κ1) is 25.3. The summed E-state index contributed by atoms with van der Waals surface area (Å²) >= 11 is 0. The Balaban J connectivity index is 1.86. The van der Waals surface area contributed by atoms with Gasteiger partial charge in [0.05, 0.1) is 18.1 Å². The fourth-order valence-corrected chi connectivity index (χ4v) is 5.22. The summed E-state index contributed by atoms with van der Waals surface area (Å²) in [5.74, 6) is 0.249. The van der Waals surface area contributed by atoms with Crippen molar-refractivity contribution in [3.63, 3.8) is 0 Å². The van der Waals surface area contributed by atoms with Crippen LogP contribution >= 0.6 is 0 Å². The van der Waals surface area contributed by atoms with Crippen LogP contribution in [0.15, 0.2) is 52.9 Å². The van der Waals surface area contributed by atoms with Crippen molar-refractivity contribution in [2.75, 3.05) is 25.5 Å². The Morgan fingerprint density at radius 2 is 1.85 bits per heavy atom. The van der Waals surface area contributed by atoms with Gasteiger partial charge in [-0.15, -0.1) is 0 Å². The molecule has 2 aromatic carbocycles. The van der Waals surface area contributed by atoms with E-state index in [1.807, 2.05) is 19.9 Å². The number of para-hydroxylation sites is 1. The summed E-state index contributed by atoms with van der Waals surface area (Å²) in [6.45, 7) is 4.70. The third kappa shape index (κ3) is 5.95. The Kier molecular flexibility index (Phi) is 8.31. The first-order chi connectivity index (χ1) is 16.3. The number of nitriles is 1. The third-order valence-corrected chi connectivity index (χ3v) is 7.19. The van der Waals surface area contributed by atoms with E-state index in [1.54, 1.807) is 30.3 Å². The van der Waals surface area contributed by atoms with Gasteiger partial charge in [0.1, 0.15) is 11.6 Å². The van der Waals surface area contributed by atoms with E-state index in [0.717, 1.165) is 19.3 Å². The molecular formula is C25H29N3O5S. The Morgan fingerprint density at radius 1 is 1.15 bits per heavy atom. The number of anilines is 1. The number of carbonyl (C=O) groups is 1. The summed E-state index contributed by atoms with van der Waals surface area (Å²) in [5.41, 5.74) is 0.640. The number of ether oxygens (including phenoxy) is 2. The normalized spacial score (nSPS) is 15.0. The van der Waals surface area contributed by atoms with E-state index in [4.69, 9.17) is 9.47 Å². The van der Waals surface area contributed by atoms with Crippen molar-refractivity contribution in [2.24, 2.45) is 0 Å². The molecule has 0 atom stereocenters. The second kappa shape index (κ2) is 11.2. The second-order valence-electron chi connectivity index (χ2n) is 8.16. The van der Waals surface area contributed by atoms with Gasteiger partial charge in [0.25, 0.3) is 5.91 Å². The number of piperidine rings is 1. The fourth-order valence-electron chi connectivity index (χ4n) is 3.66. The summed E-state index contributed by atoms with van der Waals surface area (Å²) < 4.78 is 38.6. The van der Waals surface area contributed by atoms with Crippen molar-refractivity contribution < 1.29 is 22.7 Å². The third-order valence-electron chi connectivity index (χ3n) is 5.29. The summed E-state index contributed by atoms with van der Waals surface area (Å²) in [7, 11) is -2.13. The van der Waals surface area contributed by atoms with Crippen LogP contribution in [0.1, 0.15) is 38.7 Å². The van der Waals surface area contributed by atoms with Gasteiger partial charge in [0.2, 0.25) is 10.0 Å². The molecule has 0 spiro atoms. The zero-order valence-electron chi connectivity index (χ0n) is 19.6. The van der Waals surface area contributed by atoms with Gasteiger partial charge in [-0.05, 0) is 57.0 Å². The molecule has 1 amide bonds. The summed E-state index contributed by atoms with van der Waals surface area (Å²) in [5, 5.41) is 12.3. The van der Waals surface area contributed by atoms with Crippen LogP contribution in [-0.2, 0) is 14.8 Å². The Bertz CT molecular complexity index is 1210. The second-order valence-corrected chi connectivity index (χ2v) is 10.1. The Morgan fingerprint density at radius 3 is 2.50 bits per heavy atom. The van der Waals surface area contributed by atoms with Crippen molar-refractivity contribution in [1.29, 1.82) is 5.26 Å². The average molecular weight is 484 g/mol. The minimum atomic E-state index is -3.65. The molecule has 1 aliphatic rings. The van der Waals surface area contributed by atoms with Gasteiger partial charge in [0, 0.05) is 24.3 Å². The van der Waals surface area contributed by atoms with Gasteiger partial charge in [-0.25, -0.2) is 8.42 Å². The average Bonchev–Trinajstić information content (AvgIpc) is 2.83. The van der Waals surface area contributed by atoms with E-state index < -0.39 is 15.9 Å². The van der Waals surface area contributed by atoms with Gasteiger partial charge in [-0.1, -0.05) is 24.6 Å². The smallest absolute Gasteiger partial charge is 0.266 e. The predicted molar refractivity (Wildman–Crippen MR) is 130 cm³/mol. The highest BCUT2D eigenvalue weighted by molar-refractivity contribution is 7.89. The van der Waals surface area contributed by atoms with Crippen LogP contribution in [0.3, 0.4) is 0 Å². The maximum absolute atomic E-state index is 13.0. The zero-order valence-corrected chi connectivity index (χ0v) is 20.4. The summed E-state index contributed by atoms with van der Waals surface area (Å²) in [4.78, 5) is 13.0. The highest BCUT2D eigenvalue weighted by atomic mass is 32.2. The van der Waals surface area contributed by atoms with Crippen molar-refractivity contribution in [1.82, 2.24) is 4.31 Å². The molecule has 1 heterocycles. The van der Waals surface area contributed by atoms with Crippen LogP contribution in [0.25, 0.3) is 6.08 Å². The van der Waals surface area contributed by atoms with Crippen molar-refractivity contribution in [3.05, 3.63) is 53.6 Å². The lowest BCUT2D eigenvalue weighted by Gasteiger charge is -2.26. The quantitative estimate of drug-likeness (QED) is 0.445. The van der Waals surface area contributed by atoms with Crippen LogP contribution < -0.4 is 14.8 Å². The number of methoxy groups -OCH3 is 1. The number of carbonyl (C=O) groups excluding carboxylic acids is 1. The molecule has 0 aliphatic carbocycles. The minimum absolute atomic E-state index is 0.107. The molecule has 2 aromatic rings. The number of nitrogens with zero attached hydrogens (tertiary/aromatic N) is 2. The van der Waals surface area contributed by atoms with Gasteiger partial charge in [-0.2, -0.15) is 9.57 Å². The van der Waals surface area contributed by atoms with E-state index in [2.05, 4.69) is 5.32 Å². The molecule has 9 heteroatoms. The molecule has 0 radical (unpaired) electrons. The van der Waals surface area contributed by atoms with Crippen molar-refractivity contribution >= 4 is 27.7 Å². The van der Waals surface area contributed by atoms with Crippen LogP contribution in [0.2, 0.25) is 0 Å². The first-order valence-electron chi connectivity index (χ1n) is 11.1. The van der Waals surface area contributed by atoms with Crippen LogP contribution in [-0.4, -0.2) is 44.9 Å². The molecule has 34 heavy (non-hydrogen) atoms. The number of sulfonamides is 1. The van der Waals surface area contributed by atoms with E-state index in [9.17, 15) is 18.5 Å². The topological polar surface area (TPSA) is 109 Å². The molecule has 0 bridgehead atoms. The number of nitrogens with one attached hydrogen (secondary N) is 1. The van der Waals surface area contributed by atoms with Gasteiger partial charge < -0.3 is 14.8 Å². The van der Waals surface area contributed by atoms with E-state index >= 15 is 0 Å². The zero-order chi connectivity index (χ0) is 24.7. The SMILES string of the molecule is COc1cccc(/C=C(\C#N)C(=O)Nc2cccc(S(=O)(=O)N3CCCCC3)c2)c1OC(C)C. The summed E-state index contributed by atoms with van der Waals surface area (Å²) in [6, 6.07) is 13.2. The maximum atomic E-state index is 13.0. The lowest BCUT2D eigenvalue weighted by molar-refractivity contribution is -0.112. The predicted octanol–water partition coefficient (Wildman–Crippen LogP) is 4.20. The molecule has 3 rings (SSSR count). The standard InChI is InChI=1S/C25H29N3O5S/c1-18(2)33-24-19(9-7-12-23(24)32-3)15-20(17-26)25(29)27-21-10-8-11-22(16-21)34(30,31)28-13-5-4-6-14-28/h7-12,15-16,18H,4-6,13-14H2,1-3H3,(H,27,29)/b20-15+. The number of amides is 1. The van der Waals surface area contributed by atoms with Crippen molar-refractivity contribution in [2.45, 2.75) is 44.1 Å². The first-order valence-corrected chi connectivity index (χ1v) is 12.6.